The smallest absolute Gasteiger partial charge is 0.323 e. The van der Waals surface area contributed by atoms with Gasteiger partial charge in [0.05, 0.1) is 0 Å². The Labute approximate surface area is 117 Å². The summed E-state index contributed by atoms with van der Waals surface area (Å²) >= 11 is 0. The maximum atomic E-state index is 12.1. The summed E-state index contributed by atoms with van der Waals surface area (Å²) in [4.78, 5) is 35.5. The monoisotopic (exact) mass is 283 g/mol. The fourth-order valence-corrected chi connectivity index (χ4v) is 2.87. The van der Waals surface area contributed by atoms with Crippen LogP contribution in [0, 0.1) is 0 Å². The molecule has 1 aliphatic heterocycles. The van der Waals surface area contributed by atoms with Gasteiger partial charge in [-0.2, -0.15) is 0 Å². The molecule has 20 heavy (non-hydrogen) atoms. The topological polar surface area (TPSA) is 98.7 Å². The summed E-state index contributed by atoms with van der Waals surface area (Å²) in [5, 5.41) is 14.4. The maximum Gasteiger partial charge on any atom is 0.323 e. The summed E-state index contributed by atoms with van der Waals surface area (Å²) in [6.07, 6.45) is 4.99. The van der Waals surface area contributed by atoms with Gasteiger partial charge in [0.25, 0.3) is 0 Å². The molecule has 0 radical (unpaired) electrons. The quantitative estimate of drug-likeness (QED) is 0.676. The molecular formula is C13H21N3O4. The van der Waals surface area contributed by atoms with Crippen LogP contribution in [0.15, 0.2) is 0 Å². The van der Waals surface area contributed by atoms with Crippen molar-refractivity contribution in [2.24, 2.45) is 0 Å². The van der Waals surface area contributed by atoms with Crippen molar-refractivity contribution in [3.8, 4) is 0 Å². The molecule has 7 nitrogen and oxygen atoms in total. The van der Waals surface area contributed by atoms with Crippen LogP contribution in [0.2, 0.25) is 0 Å². The first-order valence-corrected chi connectivity index (χ1v) is 7.12. The number of carboxylic acids is 1. The number of amides is 3. The number of nitrogens with zero attached hydrogens (tertiary/aromatic N) is 1. The molecule has 1 saturated heterocycles. The fourth-order valence-electron chi connectivity index (χ4n) is 2.87. The Bertz CT molecular complexity index is 393. The third kappa shape index (κ3) is 3.85. The van der Waals surface area contributed by atoms with Gasteiger partial charge < -0.3 is 20.6 Å². The lowest BCUT2D eigenvalue weighted by Crippen LogP contribution is -2.50. The van der Waals surface area contributed by atoms with Crippen molar-refractivity contribution in [1.82, 2.24) is 15.5 Å². The highest BCUT2D eigenvalue weighted by atomic mass is 16.4. The SMILES string of the molecule is O=C(O)CN(C(=O)NCC1CCC(=O)N1)C1CCCC1. The van der Waals surface area contributed by atoms with E-state index in [1.54, 1.807) is 0 Å². The van der Waals surface area contributed by atoms with E-state index in [4.69, 9.17) is 5.11 Å². The molecule has 3 N–H and O–H groups in total. The Hall–Kier alpha value is -1.79. The molecule has 1 saturated carbocycles. The van der Waals surface area contributed by atoms with Crippen molar-refractivity contribution in [2.45, 2.75) is 50.6 Å². The van der Waals surface area contributed by atoms with Crippen LogP contribution in [0.1, 0.15) is 38.5 Å². The first kappa shape index (κ1) is 14.6. The van der Waals surface area contributed by atoms with E-state index in [1.807, 2.05) is 0 Å². The maximum absolute atomic E-state index is 12.1. The summed E-state index contributed by atoms with van der Waals surface area (Å²) in [7, 11) is 0. The molecule has 0 aromatic carbocycles. The molecule has 7 heteroatoms. The molecule has 0 aromatic rings. The molecule has 2 aliphatic rings. The average molecular weight is 283 g/mol. The highest BCUT2D eigenvalue weighted by molar-refractivity contribution is 5.81. The van der Waals surface area contributed by atoms with Crippen LogP contribution in [0.4, 0.5) is 4.79 Å². The average Bonchev–Trinajstić information content (AvgIpc) is 3.04. The molecule has 2 fully saturated rings. The molecule has 3 amide bonds. The van der Waals surface area contributed by atoms with Gasteiger partial charge in [-0.1, -0.05) is 12.8 Å². The number of carboxylic acid groups (broad SMARTS) is 1. The summed E-state index contributed by atoms with van der Waals surface area (Å²) in [6, 6.07) is -0.369. The molecule has 0 aromatic heterocycles. The van der Waals surface area contributed by atoms with Gasteiger partial charge in [-0.25, -0.2) is 4.79 Å². The van der Waals surface area contributed by atoms with Gasteiger partial charge in [0.1, 0.15) is 6.54 Å². The minimum absolute atomic E-state index is 0.00225. The van der Waals surface area contributed by atoms with Crippen molar-refractivity contribution in [2.75, 3.05) is 13.1 Å². The second-order valence-electron chi connectivity index (χ2n) is 5.45. The third-order valence-electron chi connectivity index (χ3n) is 3.92. The second kappa shape index (κ2) is 6.58. The molecular weight excluding hydrogens is 262 g/mol. The largest absolute Gasteiger partial charge is 0.480 e. The van der Waals surface area contributed by atoms with Crippen molar-refractivity contribution in [3.05, 3.63) is 0 Å². The van der Waals surface area contributed by atoms with Crippen LogP contribution in [-0.2, 0) is 9.59 Å². The number of hydrogen-bond acceptors (Lipinski definition) is 3. The van der Waals surface area contributed by atoms with Gasteiger partial charge >= 0.3 is 12.0 Å². The Balaban J connectivity index is 1.85. The molecule has 1 aliphatic carbocycles. The summed E-state index contributed by atoms with van der Waals surface area (Å²) in [5.74, 6) is -0.997. The fraction of sp³-hybridized carbons (Fsp3) is 0.769. The van der Waals surface area contributed by atoms with Gasteiger partial charge in [0, 0.05) is 25.0 Å². The van der Waals surface area contributed by atoms with E-state index in [0.29, 0.717) is 19.4 Å². The standard InChI is InChI=1S/C13H21N3O4/c17-11-6-5-9(15-11)7-14-13(20)16(8-12(18)19)10-3-1-2-4-10/h9-10H,1-8H2,(H,14,20)(H,15,17)(H,18,19). The molecule has 112 valence electrons. The molecule has 1 unspecified atom stereocenters. The zero-order valence-electron chi connectivity index (χ0n) is 11.4. The number of carbonyl (C=O) groups excluding carboxylic acids is 2. The Morgan fingerprint density at radius 3 is 2.55 bits per heavy atom. The van der Waals surface area contributed by atoms with Crippen molar-refractivity contribution in [1.29, 1.82) is 0 Å². The molecule has 2 rings (SSSR count). The van der Waals surface area contributed by atoms with Crippen LogP contribution < -0.4 is 10.6 Å². The molecule has 1 heterocycles. The van der Waals surface area contributed by atoms with E-state index in [-0.39, 0.29) is 30.6 Å². The lowest BCUT2D eigenvalue weighted by Gasteiger charge is -2.28. The van der Waals surface area contributed by atoms with E-state index in [2.05, 4.69) is 10.6 Å². The Morgan fingerprint density at radius 1 is 1.30 bits per heavy atom. The zero-order chi connectivity index (χ0) is 14.5. The van der Waals surface area contributed by atoms with Crippen molar-refractivity contribution >= 4 is 17.9 Å². The highest BCUT2D eigenvalue weighted by Crippen LogP contribution is 2.23. The predicted octanol–water partition coefficient (Wildman–Crippen LogP) is 0.304. The van der Waals surface area contributed by atoms with Crippen LogP contribution in [0.3, 0.4) is 0 Å². The van der Waals surface area contributed by atoms with E-state index < -0.39 is 5.97 Å². The van der Waals surface area contributed by atoms with E-state index in [1.165, 1.54) is 4.90 Å². The second-order valence-corrected chi connectivity index (χ2v) is 5.45. The molecule has 0 spiro atoms. The van der Waals surface area contributed by atoms with Gasteiger partial charge in [0.15, 0.2) is 0 Å². The van der Waals surface area contributed by atoms with Crippen LogP contribution in [0.25, 0.3) is 0 Å². The van der Waals surface area contributed by atoms with Gasteiger partial charge in [-0.3, -0.25) is 9.59 Å². The molecule has 1 atom stereocenters. The minimum Gasteiger partial charge on any atom is -0.480 e. The lowest BCUT2D eigenvalue weighted by molar-refractivity contribution is -0.138. The van der Waals surface area contributed by atoms with Gasteiger partial charge in [0.2, 0.25) is 5.91 Å². The van der Waals surface area contributed by atoms with E-state index in [9.17, 15) is 14.4 Å². The summed E-state index contributed by atoms with van der Waals surface area (Å²) in [6.45, 7) is 0.0843. The summed E-state index contributed by atoms with van der Waals surface area (Å²) in [5.41, 5.74) is 0. The van der Waals surface area contributed by atoms with Crippen LogP contribution in [0.5, 0.6) is 0 Å². The third-order valence-corrected chi connectivity index (χ3v) is 3.92. The van der Waals surface area contributed by atoms with E-state index >= 15 is 0 Å². The Morgan fingerprint density at radius 2 is 2.00 bits per heavy atom. The number of hydrogen-bond donors (Lipinski definition) is 3. The van der Waals surface area contributed by atoms with Crippen molar-refractivity contribution in [3.63, 3.8) is 0 Å². The number of urea groups is 1. The summed E-state index contributed by atoms with van der Waals surface area (Å²) < 4.78 is 0. The van der Waals surface area contributed by atoms with Crippen LogP contribution in [-0.4, -0.2) is 53.1 Å². The van der Waals surface area contributed by atoms with Crippen LogP contribution >= 0.6 is 0 Å². The van der Waals surface area contributed by atoms with Crippen molar-refractivity contribution < 1.29 is 19.5 Å². The number of aliphatic carboxylic acids is 1. The molecule has 0 bridgehead atoms. The van der Waals surface area contributed by atoms with Gasteiger partial charge in [-0.15, -0.1) is 0 Å². The lowest BCUT2D eigenvalue weighted by atomic mass is 10.2. The first-order chi connectivity index (χ1) is 9.56. The highest BCUT2D eigenvalue weighted by Gasteiger charge is 2.29. The van der Waals surface area contributed by atoms with Gasteiger partial charge in [-0.05, 0) is 19.3 Å². The zero-order valence-corrected chi connectivity index (χ0v) is 11.4. The number of nitrogens with one attached hydrogen (secondary N) is 2. The normalized spacial score (nSPS) is 22.6. The number of rotatable bonds is 5. The van der Waals surface area contributed by atoms with E-state index in [0.717, 1.165) is 25.7 Å². The predicted molar refractivity (Wildman–Crippen MR) is 71.2 cm³/mol. The Kier molecular flexibility index (Phi) is 4.81. The first-order valence-electron chi connectivity index (χ1n) is 7.12. The minimum atomic E-state index is -0.999. The number of carbonyl (C=O) groups is 3.